The summed E-state index contributed by atoms with van der Waals surface area (Å²) in [7, 11) is 10.5. The van der Waals surface area contributed by atoms with Crippen molar-refractivity contribution in [1.82, 2.24) is 9.47 Å². The minimum absolute atomic E-state index is 0. The van der Waals surface area contributed by atoms with Crippen LogP contribution >= 0.6 is 24.0 Å². The maximum absolute atomic E-state index is 12.9. The molecule has 1 aliphatic heterocycles. The third-order valence-corrected chi connectivity index (χ3v) is 15.2. The molecule has 414 valence electrons. The van der Waals surface area contributed by atoms with Gasteiger partial charge >= 0.3 is 11.9 Å². The zero-order chi connectivity index (χ0) is 56.8. The Balaban J connectivity index is 0.000000160. The quantitative estimate of drug-likeness (QED) is 0.102. The van der Waals surface area contributed by atoms with E-state index in [1.165, 1.54) is 79.6 Å². The number of rotatable bonds is 12. The van der Waals surface area contributed by atoms with Crippen molar-refractivity contribution in [2.24, 2.45) is 7.05 Å². The van der Waals surface area contributed by atoms with Gasteiger partial charge in [0.15, 0.2) is 0 Å². The lowest BCUT2D eigenvalue weighted by atomic mass is 9.90. The number of carboxylic acids is 2. The van der Waals surface area contributed by atoms with E-state index >= 15 is 0 Å². The number of para-hydroxylation sites is 2. The highest BCUT2D eigenvalue weighted by Crippen LogP contribution is 2.40. The number of aromatic carboxylic acids is 2. The summed E-state index contributed by atoms with van der Waals surface area (Å²) >= 11 is 6.27. The number of hydrogen-bond acceptors (Lipinski definition) is 7. The molecule has 0 bridgehead atoms. The molecule has 0 amide bonds. The fraction of sp³-hybridized carbons (Fsp3) is 0.191. The topological polar surface area (TPSA) is 136 Å². The second-order valence-corrected chi connectivity index (χ2v) is 21.1. The summed E-state index contributed by atoms with van der Waals surface area (Å²) in [5.74, 6) is -3.71. The number of hydrogen-bond donors (Lipinski definition) is 3. The third-order valence-electron chi connectivity index (χ3n) is 14.9. The number of aryl methyl sites for hydroxylation is 4. The molecule has 0 unspecified atom stereocenters. The molecule has 2 aromatic heterocycles. The highest BCUT2D eigenvalue weighted by atomic mass is 35.5. The van der Waals surface area contributed by atoms with E-state index in [-0.39, 0.29) is 41.1 Å². The Bertz CT molecular complexity index is 3860. The number of carboxylic acid groups (broad SMARTS) is 2. The molecule has 81 heavy (non-hydrogen) atoms. The Morgan fingerprint density at radius 2 is 1.28 bits per heavy atom. The maximum Gasteiger partial charge on any atom is 0.339 e. The van der Waals surface area contributed by atoms with Crippen LogP contribution in [0.15, 0.2) is 170 Å². The summed E-state index contributed by atoms with van der Waals surface area (Å²) in [5.41, 5.74) is 13.8. The number of nitrogens with zero attached hydrogens (tertiary/aromatic N) is 5. The smallest absolute Gasteiger partial charge is 0.339 e. The minimum Gasteiger partial charge on any atom is -0.872 e. The van der Waals surface area contributed by atoms with Crippen molar-refractivity contribution >= 4 is 97.6 Å². The molecule has 11 nitrogen and oxygen atoms in total. The average Bonchev–Trinajstić information content (AvgIpc) is 3.65. The van der Waals surface area contributed by atoms with E-state index < -0.39 is 23.4 Å². The summed E-state index contributed by atoms with van der Waals surface area (Å²) in [4.78, 5) is 30.0. The van der Waals surface area contributed by atoms with Gasteiger partial charge in [-0.3, -0.25) is 0 Å². The molecule has 0 saturated heterocycles. The van der Waals surface area contributed by atoms with Gasteiger partial charge in [-0.1, -0.05) is 108 Å². The highest BCUT2D eigenvalue weighted by Gasteiger charge is 2.23. The van der Waals surface area contributed by atoms with Crippen LogP contribution in [0.5, 0.6) is 11.5 Å². The van der Waals surface area contributed by atoms with Gasteiger partial charge in [-0.2, -0.15) is 4.57 Å². The summed E-state index contributed by atoms with van der Waals surface area (Å²) < 4.78 is 4.56. The molecule has 0 aliphatic carbocycles. The number of aromatic nitrogens is 2. The predicted molar refractivity (Wildman–Crippen MR) is 332 cm³/mol. The molecule has 11 rings (SSSR count). The maximum atomic E-state index is 12.9. The van der Waals surface area contributed by atoms with Crippen LogP contribution in [0.1, 0.15) is 72.0 Å². The fourth-order valence-electron chi connectivity index (χ4n) is 10.8. The van der Waals surface area contributed by atoms with Gasteiger partial charge in [0, 0.05) is 95.4 Å². The molecule has 1 aliphatic rings. The Morgan fingerprint density at radius 1 is 0.667 bits per heavy atom. The van der Waals surface area contributed by atoms with Crippen LogP contribution in [0.25, 0.3) is 50.3 Å². The molecule has 0 fully saturated rings. The van der Waals surface area contributed by atoms with Crippen LogP contribution in [-0.2, 0) is 26.3 Å². The van der Waals surface area contributed by atoms with Crippen LogP contribution in [0.3, 0.4) is 0 Å². The van der Waals surface area contributed by atoms with Gasteiger partial charge in [0.2, 0.25) is 11.2 Å². The molecule has 0 saturated carbocycles. The number of carbonyl (C=O) groups is 2. The van der Waals surface area contributed by atoms with E-state index in [1.807, 2.05) is 6.07 Å². The number of pyridine rings is 1. The molecule has 3 heterocycles. The molecular weight excluding hydrogens is 1050 g/mol. The SMILES string of the molecule is CN(C)CCCN1c2ccccc2CCc2ccc(Cl)cc21.Cc1cc(C=Cc2ccc3cc(N(C)C)ccc3[n+]2C)c(C)n1-c1ccccc1.Cl.O=C(O)c1cc2ccccc2c(Cc2c(O)c(C(=O)O)cc3ccccc23)c1[O-]. The predicted octanol–water partition coefficient (Wildman–Crippen LogP) is 14.0. The van der Waals surface area contributed by atoms with E-state index in [0.29, 0.717) is 21.5 Å². The van der Waals surface area contributed by atoms with E-state index in [1.54, 1.807) is 48.5 Å². The van der Waals surface area contributed by atoms with Crippen molar-refractivity contribution in [2.75, 3.05) is 51.1 Å². The van der Waals surface area contributed by atoms with Crippen LogP contribution < -0.4 is 19.5 Å². The first-order chi connectivity index (χ1) is 38.5. The van der Waals surface area contributed by atoms with Gasteiger partial charge in [-0.15, -0.1) is 12.4 Å². The van der Waals surface area contributed by atoms with Crippen LogP contribution in [-0.4, -0.2) is 78.0 Å². The van der Waals surface area contributed by atoms with Crippen molar-refractivity contribution in [3.63, 3.8) is 0 Å². The monoisotopic (exact) mass is 1120 g/mol. The highest BCUT2D eigenvalue weighted by molar-refractivity contribution is 6.31. The number of halogens is 2. The van der Waals surface area contributed by atoms with Gasteiger partial charge in [0.1, 0.15) is 18.4 Å². The number of benzene rings is 8. The Morgan fingerprint density at radius 3 is 1.95 bits per heavy atom. The Kier molecular flexibility index (Phi) is 18.5. The summed E-state index contributed by atoms with van der Waals surface area (Å²) in [6, 6.07) is 55.4. The van der Waals surface area contributed by atoms with Gasteiger partial charge in [-0.25, -0.2) is 9.59 Å². The number of fused-ring (bicyclic) bond motifs is 5. The first-order valence-electron chi connectivity index (χ1n) is 26.7. The zero-order valence-corrected chi connectivity index (χ0v) is 48.2. The lowest BCUT2D eigenvalue weighted by Gasteiger charge is -2.27. The number of phenols is 1. The minimum atomic E-state index is -1.34. The van der Waals surface area contributed by atoms with Gasteiger partial charge in [0.05, 0.1) is 5.56 Å². The van der Waals surface area contributed by atoms with Crippen LogP contribution in [0, 0.1) is 13.8 Å². The van der Waals surface area contributed by atoms with Gasteiger partial charge in [0.25, 0.3) is 0 Å². The second-order valence-electron chi connectivity index (χ2n) is 20.7. The first-order valence-corrected chi connectivity index (χ1v) is 27.1. The number of anilines is 3. The van der Waals surface area contributed by atoms with Crippen molar-refractivity contribution < 1.29 is 34.6 Å². The van der Waals surface area contributed by atoms with Gasteiger partial charge in [-0.05, 0) is 170 Å². The number of aromatic hydroxyl groups is 1. The van der Waals surface area contributed by atoms with Gasteiger partial charge < -0.3 is 39.7 Å². The fourth-order valence-corrected chi connectivity index (χ4v) is 11.0. The van der Waals surface area contributed by atoms with E-state index in [0.717, 1.165) is 37.4 Å². The van der Waals surface area contributed by atoms with Crippen LogP contribution in [0.2, 0.25) is 5.02 Å². The molecule has 0 spiro atoms. The Hall–Kier alpha value is -8.61. The molecule has 0 atom stereocenters. The molecule has 0 radical (unpaired) electrons. The standard InChI is InChI=1S/C26H28N3.C23H16O6.C19H23ClN2.ClH/c1-19-17-21(20(2)29(19)24-9-7-6-8-10-24)11-13-23-14-12-22-18-25(27(3)4)15-16-26(22)28(23)5;24-20-16(14-7-3-1-5-12(14)9-18(20)22(26)27)11-17-15-8-4-2-6-13(15)10-19(21(17)25)23(28)29;1-21(2)12-5-13-22-18-7-4-3-6-15(18)8-9-16-10-11-17(20)14-19(16)22;/h6-18H,1-5H3;1-10,24-25H,11H2,(H,26,27)(H,28,29);3-4,6-7,10-11,14H,5,8-9,12-13H2,1-2H3;1H/q+1;;;/p-1. The lowest BCUT2D eigenvalue weighted by molar-refractivity contribution is -0.646. The lowest BCUT2D eigenvalue weighted by Crippen LogP contribution is -2.32. The zero-order valence-electron chi connectivity index (χ0n) is 46.7. The van der Waals surface area contributed by atoms with E-state index in [4.69, 9.17) is 11.6 Å². The van der Waals surface area contributed by atoms with Crippen molar-refractivity contribution in [2.45, 2.75) is 39.5 Å². The normalized spacial score (nSPS) is 11.8. The van der Waals surface area contributed by atoms with E-state index in [2.05, 4.69) is 188 Å². The molecule has 10 aromatic rings. The molecule has 3 N–H and O–H groups in total. The second kappa shape index (κ2) is 25.7. The van der Waals surface area contributed by atoms with Crippen LogP contribution in [0.4, 0.5) is 17.1 Å². The first kappa shape index (κ1) is 58.5. The largest absolute Gasteiger partial charge is 0.872 e. The van der Waals surface area contributed by atoms with Crippen molar-refractivity contribution in [1.29, 1.82) is 0 Å². The molecule has 8 aromatic carbocycles. The van der Waals surface area contributed by atoms with Crippen molar-refractivity contribution in [3.05, 3.63) is 231 Å². The van der Waals surface area contributed by atoms with Crippen molar-refractivity contribution in [3.8, 4) is 17.2 Å². The summed E-state index contributed by atoms with van der Waals surface area (Å²) in [6.07, 6.45) is 7.62. The molecule has 13 heteroatoms. The van der Waals surface area contributed by atoms with E-state index in [9.17, 15) is 30.0 Å². The summed E-state index contributed by atoms with van der Waals surface area (Å²) in [6.45, 7) is 6.45. The third kappa shape index (κ3) is 12.9. The summed E-state index contributed by atoms with van der Waals surface area (Å²) in [5, 5.41) is 46.9. The Labute approximate surface area is 484 Å². The average molecular weight is 1120 g/mol. The molecular formula is C68H67Cl2N5O6.